The van der Waals surface area contributed by atoms with Crippen LogP contribution >= 0.6 is 27.5 Å². The minimum absolute atomic E-state index is 0.00198. The van der Waals surface area contributed by atoms with Crippen molar-refractivity contribution in [3.8, 4) is 0 Å². The molecule has 2 N–H and O–H groups in total. The molecule has 1 amide bonds. The lowest BCUT2D eigenvalue weighted by atomic mass is 9.97. The van der Waals surface area contributed by atoms with E-state index in [4.69, 9.17) is 11.6 Å². The second-order valence-corrected chi connectivity index (χ2v) is 8.39. The van der Waals surface area contributed by atoms with Crippen molar-refractivity contribution in [3.63, 3.8) is 0 Å². The summed E-state index contributed by atoms with van der Waals surface area (Å²) in [5.74, 6) is -0.413. The first-order chi connectivity index (χ1) is 13.1. The Bertz CT molecular complexity index is 867. The molecule has 0 fully saturated rings. The first kappa shape index (κ1) is 21.0. The molecule has 28 heavy (non-hydrogen) atoms. The van der Waals surface area contributed by atoms with Crippen LogP contribution in [0, 0.1) is 5.92 Å². The minimum atomic E-state index is -4.54. The zero-order valence-corrected chi connectivity index (χ0v) is 17.5. The van der Waals surface area contributed by atoms with Gasteiger partial charge in [0.15, 0.2) is 11.7 Å². The molecule has 0 saturated heterocycles. The smallest absolute Gasteiger partial charge is 0.362 e. The van der Waals surface area contributed by atoms with E-state index >= 15 is 0 Å². The van der Waals surface area contributed by atoms with E-state index < -0.39 is 24.2 Å². The van der Waals surface area contributed by atoms with Gasteiger partial charge in [0.1, 0.15) is 10.8 Å². The number of halogens is 5. The Balaban J connectivity index is 1.98. The van der Waals surface area contributed by atoms with E-state index in [2.05, 4.69) is 31.7 Å². The standard InChI is InChI=1S/C18H19BrClF3N4O/c1-9(2)8-24-17(28)15-14(20)16-25-12(10-3-5-11(19)6-4-10)7-13(18(21,22)23)27(16)26-15/h3-6,9,12-13,25H,7-8H2,1-2H3,(H,24,28)/t12-,13+/m1/s1. The molecule has 10 heteroatoms. The quantitative estimate of drug-likeness (QED) is 0.622. The molecule has 1 aromatic carbocycles. The molecule has 0 aliphatic carbocycles. The van der Waals surface area contributed by atoms with Crippen molar-refractivity contribution in [2.75, 3.05) is 11.9 Å². The number of nitrogens with zero attached hydrogens (tertiary/aromatic N) is 2. The first-order valence-corrected chi connectivity index (χ1v) is 9.90. The predicted molar refractivity (Wildman–Crippen MR) is 105 cm³/mol. The predicted octanol–water partition coefficient (Wildman–Crippen LogP) is 5.35. The van der Waals surface area contributed by atoms with Crippen molar-refractivity contribution in [2.24, 2.45) is 5.92 Å². The maximum atomic E-state index is 13.7. The zero-order chi connectivity index (χ0) is 20.6. The molecule has 2 aromatic rings. The monoisotopic (exact) mass is 478 g/mol. The van der Waals surface area contributed by atoms with E-state index in [9.17, 15) is 18.0 Å². The molecule has 1 aliphatic heterocycles. The number of benzene rings is 1. The molecule has 0 spiro atoms. The van der Waals surface area contributed by atoms with Crippen LogP contribution < -0.4 is 10.6 Å². The van der Waals surface area contributed by atoms with Crippen molar-refractivity contribution in [3.05, 3.63) is 45.0 Å². The normalized spacial score (nSPS) is 19.3. The van der Waals surface area contributed by atoms with Crippen molar-refractivity contribution in [2.45, 2.75) is 38.5 Å². The molecule has 0 bridgehead atoms. The van der Waals surface area contributed by atoms with Crippen LogP contribution in [0.2, 0.25) is 5.02 Å². The number of nitrogens with one attached hydrogen (secondary N) is 2. The van der Waals surface area contributed by atoms with E-state index in [0.717, 1.165) is 9.15 Å². The van der Waals surface area contributed by atoms with Crippen LogP contribution in [0.25, 0.3) is 0 Å². The SMILES string of the molecule is CC(C)CNC(=O)c1nn2c(c1Cl)N[C@@H](c1ccc(Br)cc1)C[C@H]2C(F)(F)F. The van der Waals surface area contributed by atoms with Gasteiger partial charge in [0, 0.05) is 17.4 Å². The Hall–Kier alpha value is -1.74. The number of anilines is 1. The Labute approximate surface area is 173 Å². The van der Waals surface area contributed by atoms with Gasteiger partial charge in [-0.15, -0.1) is 0 Å². The molecule has 2 atom stereocenters. The van der Waals surface area contributed by atoms with Gasteiger partial charge in [0.25, 0.3) is 5.91 Å². The Kier molecular flexibility index (Phi) is 5.95. The van der Waals surface area contributed by atoms with Gasteiger partial charge in [0.05, 0.1) is 6.04 Å². The molecule has 0 saturated carbocycles. The average Bonchev–Trinajstić information content (AvgIpc) is 2.95. The van der Waals surface area contributed by atoms with Crippen molar-refractivity contribution in [1.82, 2.24) is 15.1 Å². The summed E-state index contributed by atoms with van der Waals surface area (Å²) in [6, 6.07) is 4.50. The molecule has 1 aliphatic rings. The molecule has 152 valence electrons. The summed E-state index contributed by atoms with van der Waals surface area (Å²) in [4.78, 5) is 12.3. The third-order valence-corrected chi connectivity index (χ3v) is 5.34. The largest absolute Gasteiger partial charge is 0.410 e. The van der Waals surface area contributed by atoms with Gasteiger partial charge in [-0.3, -0.25) is 4.79 Å². The minimum Gasteiger partial charge on any atom is -0.362 e. The number of aromatic nitrogens is 2. The fourth-order valence-corrected chi connectivity index (χ4v) is 3.56. The van der Waals surface area contributed by atoms with Gasteiger partial charge in [-0.25, -0.2) is 4.68 Å². The Morgan fingerprint density at radius 3 is 2.61 bits per heavy atom. The number of carbonyl (C=O) groups excluding carboxylic acids is 1. The molecular weight excluding hydrogens is 461 g/mol. The highest BCUT2D eigenvalue weighted by Gasteiger charge is 2.47. The van der Waals surface area contributed by atoms with Crippen molar-refractivity contribution in [1.29, 1.82) is 0 Å². The number of hydrogen-bond donors (Lipinski definition) is 2. The number of rotatable bonds is 4. The Morgan fingerprint density at radius 2 is 2.04 bits per heavy atom. The van der Waals surface area contributed by atoms with Gasteiger partial charge >= 0.3 is 6.18 Å². The van der Waals surface area contributed by atoms with Gasteiger partial charge in [0.2, 0.25) is 0 Å². The van der Waals surface area contributed by atoms with Gasteiger partial charge in [-0.05, 0) is 23.6 Å². The number of hydrogen-bond acceptors (Lipinski definition) is 3. The lowest BCUT2D eigenvalue weighted by Crippen LogP contribution is -2.36. The topological polar surface area (TPSA) is 59.0 Å². The van der Waals surface area contributed by atoms with E-state index in [1.54, 1.807) is 24.3 Å². The molecule has 5 nitrogen and oxygen atoms in total. The van der Waals surface area contributed by atoms with Crippen molar-refractivity contribution >= 4 is 39.3 Å². The van der Waals surface area contributed by atoms with Crippen LogP contribution in [0.5, 0.6) is 0 Å². The summed E-state index contributed by atoms with van der Waals surface area (Å²) in [6.45, 7) is 4.18. The van der Waals surface area contributed by atoms with E-state index in [1.165, 1.54) is 0 Å². The van der Waals surface area contributed by atoms with E-state index in [-0.39, 0.29) is 28.9 Å². The third kappa shape index (κ3) is 4.30. The number of fused-ring (bicyclic) bond motifs is 1. The highest BCUT2D eigenvalue weighted by atomic mass is 79.9. The lowest BCUT2D eigenvalue weighted by molar-refractivity contribution is -0.173. The molecule has 0 unspecified atom stereocenters. The van der Waals surface area contributed by atoms with Crippen LogP contribution in [0.4, 0.5) is 19.0 Å². The fourth-order valence-electron chi connectivity index (χ4n) is 3.03. The van der Waals surface area contributed by atoms with Crippen LogP contribution in [0.3, 0.4) is 0 Å². The fraction of sp³-hybridized carbons (Fsp3) is 0.444. The van der Waals surface area contributed by atoms with Crippen LogP contribution in [0.15, 0.2) is 28.7 Å². The molecule has 1 aromatic heterocycles. The number of amides is 1. The molecule has 3 rings (SSSR count). The second kappa shape index (κ2) is 7.94. The van der Waals surface area contributed by atoms with E-state index in [1.807, 2.05) is 13.8 Å². The van der Waals surface area contributed by atoms with Crippen LogP contribution in [-0.4, -0.2) is 28.4 Å². The second-order valence-electron chi connectivity index (χ2n) is 7.10. The molecular formula is C18H19BrClF3N4O. The molecule has 2 heterocycles. The summed E-state index contributed by atoms with van der Waals surface area (Å²) < 4.78 is 42.8. The van der Waals surface area contributed by atoms with Gasteiger partial charge < -0.3 is 10.6 Å². The first-order valence-electron chi connectivity index (χ1n) is 8.72. The number of alkyl halides is 3. The Morgan fingerprint density at radius 1 is 1.39 bits per heavy atom. The van der Waals surface area contributed by atoms with Gasteiger partial charge in [-0.2, -0.15) is 18.3 Å². The highest BCUT2D eigenvalue weighted by Crippen LogP contribution is 2.46. The molecule has 0 radical (unpaired) electrons. The highest BCUT2D eigenvalue weighted by molar-refractivity contribution is 9.10. The van der Waals surface area contributed by atoms with Crippen LogP contribution in [-0.2, 0) is 0 Å². The van der Waals surface area contributed by atoms with Gasteiger partial charge in [-0.1, -0.05) is 53.5 Å². The third-order valence-electron chi connectivity index (χ3n) is 4.45. The lowest BCUT2D eigenvalue weighted by Gasteiger charge is -2.33. The summed E-state index contributed by atoms with van der Waals surface area (Å²) >= 11 is 9.58. The summed E-state index contributed by atoms with van der Waals surface area (Å²) in [6.07, 6.45) is -4.80. The summed E-state index contributed by atoms with van der Waals surface area (Å²) in [7, 11) is 0. The zero-order valence-electron chi connectivity index (χ0n) is 15.1. The van der Waals surface area contributed by atoms with Crippen LogP contribution in [0.1, 0.15) is 48.4 Å². The average molecular weight is 480 g/mol. The maximum Gasteiger partial charge on any atom is 0.410 e. The maximum absolute atomic E-state index is 13.7. The number of carbonyl (C=O) groups is 1. The van der Waals surface area contributed by atoms with Crippen molar-refractivity contribution < 1.29 is 18.0 Å². The van der Waals surface area contributed by atoms with E-state index in [0.29, 0.717) is 12.1 Å². The summed E-state index contributed by atoms with van der Waals surface area (Å²) in [5.41, 5.74) is 0.474. The summed E-state index contributed by atoms with van der Waals surface area (Å²) in [5, 5.41) is 9.44.